The first-order valence-electron chi connectivity index (χ1n) is 6.46. The summed E-state index contributed by atoms with van der Waals surface area (Å²) in [5.74, 6) is 0.637. The lowest BCUT2D eigenvalue weighted by atomic mass is 9.98. The van der Waals surface area contributed by atoms with Gasteiger partial charge in [0.1, 0.15) is 12.1 Å². The lowest BCUT2D eigenvalue weighted by Crippen LogP contribution is -2.01. The molecule has 0 N–H and O–H groups in total. The largest absolute Gasteiger partial charge is 0.433 e. The summed E-state index contributed by atoms with van der Waals surface area (Å²) >= 11 is 5.75. The highest BCUT2D eigenvalue weighted by Gasteiger charge is 2.24. The van der Waals surface area contributed by atoms with Gasteiger partial charge >= 0.3 is 11.6 Å². The number of nitro groups is 1. The van der Waals surface area contributed by atoms with E-state index in [1.807, 2.05) is 12.1 Å². The number of hydrogen-bond acceptors (Lipinski definition) is 5. The van der Waals surface area contributed by atoms with Gasteiger partial charge in [-0.15, -0.1) is 0 Å². The molecular formula is C14H14ClN3O3. The molecule has 2 aromatic rings. The van der Waals surface area contributed by atoms with Gasteiger partial charge in [-0.3, -0.25) is 10.1 Å². The van der Waals surface area contributed by atoms with E-state index in [0.29, 0.717) is 5.75 Å². The fourth-order valence-corrected chi connectivity index (χ4v) is 2.07. The minimum absolute atomic E-state index is 0.157. The van der Waals surface area contributed by atoms with Crippen LogP contribution in [0, 0.1) is 10.1 Å². The summed E-state index contributed by atoms with van der Waals surface area (Å²) < 4.78 is 5.63. The number of aromatic nitrogens is 2. The maximum Gasteiger partial charge on any atom is 0.368 e. The van der Waals surface area contributed by atoms with E-state index in [1.54, 1.807) is 12.1 Å². The van der Waals surface area contributed by atoms with Crippen molar-refractivity contribution in [3.8, 4) is 11.6 Å². The summed E-state index contributed by atoms with van der Waals surface area (Å²) in [6.07, 6.45) is 2.06. The van der Waals surface area contributed by atoms with Gasteiger partial charge in [0, 0.05) is 0 Å². The highest BCUT2D eigenvalue weighted by atomic mass is 35.5. The summed E-state index contributed by atoms with van der Waals surface area (Å²) in [7, 11) is 0. The van der Waals surface area contributed by atoms with Crippen molar-refractivity contribution in [3.63, 3.8) is 0 Å². The molecule has 6 nitrogen and oxygen atoms in total. The third kappa shape index (κ3) is 3.28. The van der Waals surface area contributed by atoms with Gasteiger partial charge in [0.25, 0.3) is 0 Å². The van der Waals surface area contributed by atoms with Crippen LogP contribution in [0.4, 0.5) is 5.69 Å². The van der Waals surface area contributed by atoms with Crippen molar-refractivity contribution in [1.29, 1.82) is 0 Å². The minimum Gasteiger partial charge on any atom is -0.433 e. The molecule has 0 spiro atoms. The van der Waals surface area contributed by atoms with E-state index in [1.165, 1.54) is 0 Å². The molecule has 0 bridgehead atoms. The van der Waals surface area contributed by atoms with Crippen molar-refractivity contribution >= 4 is 17.3 Å². The molecule has 1 unspecified atom stereocenters. The van der Waals surface area contributed by atoms with Gasteiger partial charge in [-0.25, -0.2) is 4.98 Å². The van der Waals surface area contributed by atoms with Crippen LogP contribution in [0.25, 0.3) is 0 Å². The van der Waals surface area contributed by atoms with Crippen LogP contribution in [0.1, 0.15) is 31.7 Å². The van der Waals surface area contributed by atoms with Crippen LogP contribution in [-0.2, 0) is 0 Å². The number of benzene rings is 1. The second-order valence-electron chi connectivity index (χ2n) is 4.52. The fourth-order valence-electron chi connectivity index (χ4n) is 1.88. The first kappa shape index (κ1) is 15.2. The molecule has 1 aromatic carbocycles. The van der Waals surface area contributed by atoms with E-state index in [2.05, 4.69) is 23.8 Å². The molecule has 0 fully saturated rings. The standard InChI is InChI=1S/C14H14ClN3O3/c1-3-9(2)10-6-4-5-7-11(10)21-14-12(18(19)20)13(15)16-8-17-14/h4-9H,3H2,1-2H3. The predicted molar refractivity (Wildman–Crippen MR) is 78.9 cm³/mol. The molecule has 0 saturated heterocycles. The summed E-state index contributed by atoms with van der Waals surface area (Å²) in [5.41, 5.74) is 0.530. The monoisotopic (exact) mass is 307 g/mol. The lowest BCUT2D eigenvalue weighted by Gasteiger charge is -2.14. The van der Waals surface area contributed by atoms with Crippen molar-refractivity contribution in [2.24, 2.45) is 0 Å². The van der Waals surface area contributed by atoms with E-state index < -0.39 is 10.6 Å². The van der Waals surface area contributed by atoms with Crippen LogP contribution >= 0.6 is 11.6 Å². The number of para-hydroxylation sites is 1. The Balaban J connectivity index is 2.44. The normalized spacial score (nSPS) is 12.0. The molecule has 110 valence electrons. The maximum absolute atomic E-state index is 11.1. The third-order valence-corrected chi connectivity index (χ3v) is 3.47. The highest BCUT2D eigenvalue weighted by molar-refractivity contribution is 6.31. The molecule has 0 aliphatic heterocycles. The van der Waals surface area contributed by atoms with E-state index in [9.17, 15) is 10.1 Å². The number of rotatable bonds is 5. The highest BCUT2D eigenvalue weighted by Crippen LogP contribution is 2.36. The number of halogens is 1. The van der Waals surface area contributed by atoms with Crippen molar-refractivity contribution in [1.82, 2.24) is 9.97 Å². The van der Waals surface area contributed by atoms with Gasteiger partial charge in [0.15, 0.2) is 0 Å². The number of hydrogen-bond donors (Lipinski definition) is 0. The third-order valence-electron chi connectivity index (χ3n) is 3.20. The Morgan fingerprint density at radius 3 is 2.76 bits per heavy atom. The van der Waals surface area contributed by atoms with Crippen molar-refractivity contribution < 1.29 is 9.66 Å². The molecule has 0 amide bonds. The Morgan fingerprint density at radius 1 is 1.38 bits per heavy atom. The first-order valence-corrected chi connectivity index (χ1v) is 6.84. The molecule has 21 heavy (non-hydrogen) atoms. The van der Waals surface area contributed by atoms with E-state index >= 15 is 0 Å². The van der Waals surface area contributed by atoms with Gasteiger partial charge < -0.3 is 4.74 Å². The summed E-state index contributed by atoms with van der Waals surface area (Å²) in [6.45, 7) is 4.12. The second kappa shape index (κ2) is 6.49. The zero-order valence-corrected chi connectivity index (χ0v) is 12.4. The van der Waals surface area contributed by atoms with Crippen LogP contribution in [-0.4, -0.2) is 14.9 Å². The summed E-state index contributed by atoms with van der Waals surface area (Å²) in [5, 5.41) is 10.8. The Morgan fingerprint density at radius 2 is 2.10 bits per heavy atom. The Labute approximate surface area is 126 Å². The van der Waals surface area contributed by atoms with Gasteiger partial charge in [-0.2, -0.15) is 4.98 Å². The number of nitrogens with zero attached hydrogens (tertiary/aromatic N) is 3. The van der Waals surface area contributed by atoms with Crippen molar-refractivity contribution in [3.05, 3.63) is 51.4 Å². The van der Waals surface area contributed by atoms with Crippen LogP contribution in [0.5, 0.6) is 11.6 Å². The van der Waals surface area contributed by atoms with Crippen molar-refractivity contribution in [2.75, 3.05) is 0 Å². The Bertz CT molecular complexity index is 664. The van der Waals surface area contributed by atoms with Gasteiger partial charge in [-0.1, -0.05) is 43.6 Å². The van der Waals surface area contributed by atoms with Crippen LogP contribution < -0.4 is 4.74 Å². The SMILES string of the molecule is CCC(C)c1ccccc1Oc1ncnc(Cl)c1[N+](=O)[O-]. The first-order chi connectivity index (χ1) is 10.0. The zero-order chi connectivity index (χ0) is 15.4. The Hall–Kier alpha value is -2.21. The molecule has 0 aliphatic rings. The predicted octanol–water partition coefficient (Wildman–Crippen LogP) is 4.34. The number of ether oxygens (including phenoxy) is 1. The molecule has 1 heterocycles. The molecule has 7 heteroatoms. The van der Waals surface area contributed by atoms with Gasteiger partial charge in [0.05, 0.1) is 4.92 Å². The van der Waals surface area contributed by atoms with Gasteiger partial charge in [0.2, 0.25) is 5.15 Å². The zero-order valence-electron chi connectivity index (χ0n) is 11.6. The van der Waals surface area contributed by atoms with E-state index in [-0.39, 0.29) is 17.0 Å². The van der Waals surface area contributed by atoms with Crippen LogP contribution in [0.15, 0.2) is 30.6 Å². The van der Waals surface area contributed by atoms with E-state index in [4.69, 9.17) is 16.3 Å². The molecule has 2 rings (SSSR count). The molecule has 1 aromatic heterocycles. The fraction of sp³-hybridized carbons (Fsp3) is 0.286. The van der Waals surface area contributed by atoms with Crippen molar-refractivity contribution in [2.45, 2.75) is 26.2 Å². The molecule has 1 atom stereocenters. The van der Waals surface area contributed by atoms with Gasteiger partial charge in [-0.05, 0) is 24.0 Å². The van der Waals surface area contributed by atoms with Crippen LogP contribution in [0.3, 0.4) is 0 Å². The summed E-state index contributed by atoms with van der Waals surface area (Å²) in [4.78, 5) is 17.9. The summed E-state index contributed by atoms with van der Waals surface area (Å²) in [6, 6.07) is 7.38. The van der Waals surface area contributed by atoms with Crippen LogP contribution in [0.2, 0.25) is 5.15 Å². The molecule has 0 radical (unpaired) electrons. The Kier molecular flexibility index (Phi) is 4.70. The maximum atomic E-state index is 11.1. The lowest BCUT2D eigenvalue weighted by molar-refractivity contribution is -0.386. The second-order valence-corrected chi connectivity index (χ2v) is 4.88. The van der Waals surface area contributed by atoms with E-state index in [0.717, 1.165) is 18.3 Å². The average Bonchev–Trinajstić information content (AvgIpc) is 2.46. The average molecular weight is 308 g/mol. The molecular weight excluding hydrogens is 294 g/mol. The minimum atomic E-state index is -0.649. The quantitative estimate of drug-likeness (QED) is 0.466. The molecule has 0 aliphatic carbocycles. The smallest absolute Gasteiger partial charge is 0.368 e. The topological polar surface area (TPSA) is 78.2 Å². The molecule has 0 saturated carbocycles.